The summed E-state index contributed by atoms with van der Waals surface area (Å²) in [5.74, 6) is 0. The van der Waals surface area contributed by atoms with Gasteiger partial charge in [-0.2, -0.15) is 8.42 Å². The summed E-state index contributed by atoms with van der Waals surface area (Å²) in [6.45, 7) is 0. The minimum Gasteiger partial charge on any atom is -1.00 e. The number of rotatable bonds is 4. The Bertz CT molecular complexity index is 625. The van der Waals surface area contributed by atoms with Crippen LogP contribution in [-0.4, -0.2) is 27.6 Å². The number of anilines is 1. The molecule has 0 fully saturated rings. The van der Waals surface area contributed by atoms with Gasteiger partial charge in [0.1, 0.15) is 0 Å². The van der Waals surface area contributed by atoms with E-state index in [-0.39, 0.29) is 31.0 Å². The normalized spacial score (nSPS) is 12.1. The van der Waals surface area contributed by atoms with Gasteiger partial charge < -0.3 is 1.43 Å². The molecule has 0 heterocycles. The van der Waals surface area contributed by atoms with Gasteiger partial charge in [-0.25, -0.2) is 8.42 Å². The molecule has 0 aliphatic heterocycles. The van der Waals surface area contributed by atoms with Gasteiger partial charge >= 0.3 is 29.6 Å². The second kappa shape index (κ2) is 6.69. The molecule has 0 saturated carbocycles. The van der Waals surface area contributed by atoms with Gasteiger partial charge in [0.25, 0.3) is 10.1 Å². The Kier molecular flexibility index (Phi) is 6.55. The molecule has 0 bridgehead atoms. The third-order valence-electron chi connectivity index (χ3n) is 1.65. The van der Waals surface area contributed by atoms with Crippen LogP contribution < -0.4 is 34.3 Å². The number of hydrogen-bond donors (Lipinski definition) is 2. The van der Waals surface area contributed by atoms with Crippen LogP contribution in [0.25, 0.3) is 6.08 Å². The van der Waals surface area contributed by atoms with Crippen molar-refractivity contribution in [2.45, 2.75) is 0 Å². The second-order valence-corrected chi connectivity index (χ2v) is 6.36. The monoisotopic (exact) mass is 301 g/mol. The predicted octanol–water partition coefficient (Wildman–Crippen LogP) is -1.97. The molecule has 0 spiro atoms. The average molecular weight is 301 g/mol. The maximum atomic E-state index is 10.9. The van der Waals surface area contributed by atoms with Gasteiger partial charge in [-0.1, -0.05) is 12.1 Å². The van der Waals surface area contributed by atoms with Crippen molar-refractivity contribution in [3.05, 3.63) is 35.2 Å². The summed E-state index contributed by atoms with van der Waals surface area (Å²) in [6, 6.07) is 5.97. The first-order chi connectivity index (χ1) is 7.66. The van der Waals surface area contributed by atoms with Crippen LogP contribution in [0.5, 0.6) is 0 Å². The van der Waals surface area contributed by atoms with Crippen molar-refractivity contribution in [3.63, 3.8) is 0 Å². The molecule has 6 nitrogen and oxygen atoms in total. The molecular formula is C9H12NNaO5S2. The smallest absolute Gasteiger partial charge is 1.00 e. The van der Waals surface area contributed by atoms with E-state index in [2.05, 4.69) is 4.72 Å². The van der Waals surface area contributed by atoms with Crippen LogP contribution in [0.15, 0.2) is 29.7 Å². The van der Waals surface area contributed by atoms with E-state index in [1.807, 2.05) is 0 Å². The molecule has 0 aliphatic carbocycles. The third kappa shape index (κ3) is 7.85. The van der Waals surface area contributed by atoms with E-state index in [9.17, 15) is 16.8 Å². The molecule has 0 aliphatic rings. The van der Waals surface area contributed by atoms with Crippen molar-refractivity contribution >= 4 is 31.9 Å². The first kappa shape index (κ1) is 17.6. The largest absolute Gasteiger partial charge is 1.00 e. The Morgan fingerprint density at radius 3 is 2.06 bits per heavy atom. The summed E-state index contributed by atoms with van der Waals surface area (Å²) >= 11 is 0. The minimum atomic E-state index is -4.15. The fourth-order valence-electron chi connectivity index (χ4n) is 1.04. The SMILES string of the molecule is CS(=O)(=O)Nc1ccc(/C=C/S(=O)(=O)O)cc1.[H-].[Na+]. The quantitative estimate of drug-likeness (QED) is 0.496. The van der Waals surface area contributed by atoms with Gasteiger partial charge in [-0.15, -0.1) is 0 Å². The van der Waals surface area contributed by atoms with Crippen molar-refractivity contribution in [2.24, 2.45) is 0 Å². The molecule has 0 atom stereocenters. The number of sulfonamides is 1. The van der Waals surface area contributed by atoms with E-state index >= 15 is 0 Å². The molecule has 0 saturated heterocycles. The van der Waals surface area contributed by atoms with Crippen molar-refractivity contribution in [1.82, 2.24) is 0 Å². The molecule has 0 aromatic heterocycles. The van der Waals surface area contributed by atoms with Gasteiger partial charge in [0.2, 0.25) is 10.0 Å². The number of hydrogen-bond acceptors (Lipinski definition) is 4. The van der Waals surface area contributed by atoms with E-state index < -0.39 is 20.1 Å². The van der Waals surface area contributed by atoms with E-state index in [0.29, 0.717) is 16.7 Å². The molecule has 0 radical (unpaired) electrons. The molecule has 0 amide bonds. The molecule has 9 heteroatoms. The summed E-state index contributed by atoms with van der Waals surface area (Å²) in [4.78, 5) is 0. The van der Waals surface area contributed by atoms with Crippen LogP contribution in [0, 0.1) is 0 Å². The zero-order valence-electron chi connectivity index (χ0n) is 10.9. The standard InChI is InChI=1S/C9H11NO5S2.Na.H/c1-16(11,12)10-9-4-2-8(3-5-9)6-7-17(13,14)15;;/h2-7,10H,1H3,(H,13,14,15);;/q;+1;-1/b7-6+;;. The topological polar surface area (TPSA) is 101 Å². The minimum absolute atomic E-state index is 0. The number of benzene rings is 1. The summed E-state index contributed by atoms with van der Waals surface area (Å²) in [5.41, 5.74) is 0.887. The first-order valence-electron chi connectivity index (χ1n) is 4.39. The molecule has 1 aromatic rings. The second-order valence-electron chi connectivity index (χ2n) is 3.31. The summed E-state index contributed by atoms with van der Waals surface area (Å²) in [5, 5.41) is 0.645. The Balaban J connectivity index is 0. The van der Waals surface area contributed by atoms with E-state index in [1.165, 1.54) is 30.3 Å². The molecule has 1 rings (SSSR count). The molecule has 0 unspecified atom stereocenters. The molecule has 2 N–H and O–H groups in total. The zero-order valence-corrected chi connectivity index (χ0v) is 13.5. The van der Waals surface area contributed by atoms with Crippen LogP contribution in [0.4, 0.5) is 5.69 Å². The fraction of sp³-hybridized carbons (Fsp3) is 0.111. The third-order valence-corrected chi connectivity index (χ3v) is 2.73. The Labute approximate surface area is 130 Å². The van der Waals surface area contributed by atoms with Crippen molar-refractivity contribution < 1.29 is 52.4 Å². The van der Waals surface area contributed by atoms with Crippen molar-refractivity contribution in [3.8, 4) is 0 Å². The average Bonchev–Trinajstić information content (AvgIpc) is 2.13. The predicted molar refractivity (Wildman–Crippen MR) is 66.6 cm³/mol. The van der Waals surface area contributed by atoms with Crippen molar-refractivity contribution in [2.75, 3.05) is 11.0 Å². The summed E-state index contributed by atoms with van der Waals surface area (Å²) < 4.78 is 53.4. The van der Waals surface area contributed by atoms with Crippen LogP contribution in [-0.2, 0) is 20.1 Å². The molecule has 96 valence electrons. The van der Waals surface area contributed by atoms with Crippen LogP contribution in [0.1, 0.15) is 6.99 Å². The molecule has 18 heavy (non-hydrogen) atoms. The maximum Gasteiger partial charge on any atom is 1.00 e. The van der Waals surface area contributed by atoms with E-state index in [0.717, 1.165) is 6.26 Å². The summed E-state index contributed by atoms with van der Waals surface area (Å²) in [6.07, 6.45) is 2.22. The fourth-order valence-corrected chi connectivity index (χ4v) is 1.93. The van der Waals surface area contributed by atoms with Gasteiger partial charge in [0.05, 0.1) is 11.7 Å². The van der Waals surface area contributed by atoms with Gasteiger partial charge in [-0.05, 0) is 23.8 Å². The van der Waals surface area contributed by atoms with E-state index in [1.54, 1.807) is 0 Å². The van der Waals surface area contributed by atoms with Gasteiger partial charge in [0.15, 0.2) is 0 Å². The Morgan fingerprint density at radius 2 is 1.67 bits per heavy atom. The van der Waals surface area contributed by atoms with Crippen molar-refractivity contribution in [1.29, 1.82) is 0 Å². The van der Waals surface area contributed by atoms with Crippen LogP contribution >= 0.6 is 0 Å². The van der Waals surface area contributed by atoms with Gasteiger partial charge in [0, 0.05) is 5.69 Å². The molecular weight excluding hydrogens is 289 g/mol. The van der Waals surface area contributed by atoms with Crippen LogP contribution in [0.2, 0.25) is 0 Å². The van der Waals surface area contributed by atoms with E-state index in [4.69, 9.17) is 4.55 Å². The van der Waals surface area contributed by atoms with Crippen LogP contribution in [0.3, 0.4) is 0 Å². The maximum absolute atomic E-state index is 10.9. The van der Waals surface area contributed by atoms with Gasteiger partial charge in [-0.3, -0.25) is 9.27 Å². The first-order valence-corrected chi connectivity index (χ1v) is 7.79. The Morgan fingerprint density at radius 1 is 1.17 bits per heavy atom. The molecule has 1 aromatic carbocycles. The Hall–Kier alpha value is -0.380. The zero-order chi connectivity index (χ0) is 13.1. The summed E-state index contributed by atoms with van der Waals surface area (Å²) in [7, 11) is -7.48. The number of nitrogens with one attached hydrogen (secondary N) is 1.